The van der Waals surface area contributed by atoms with Crippen LogP contribution in [0.1, 0.15) is 83.1 Å². The van der Waals surface area contributed by atoms with Crippen LogP contribution in [0.2, 0.25) is 33.2 Å². The van der Waals surface area contributed by atoms with Crippen LogP contribution in [0.4, 0.5) is 0 Å². The zero-order chi connectivity index (χ0) is 29.6. The third-order valence-electron chi connectivity index (χ3n) is 10.4. The van der Waals surface area contributed by atoms with Crippen LogP contribution in [0.5, 0.6) is 0 Å². The molecule has 0 amide bonds. The van der Waals surface area contributed by atoms with E-state index in [1.165, 1.54) is 33.0 Å². The number of aromatic nitrogens is 2. The van der Waals surface area contributed by atoms with Gasteiger partial charge in [0.1, 0.15) is 0 Å². The van der Waals surface area contributed by atoms with Crippen LogP contribution in [0.3, 0.4) is 0 Å². The van der Waals surface area contributed by atoms with Gasteiger partial charge in [-0.25, -0.2) is 0 Å². The number of hydrogen-bond donors (Lipinski definition) is 0. The lowest BCUT2D eigenvalue weighted by molar-refractivity contribution is 0.766. The van der Waals surface area contributed by atoms with E-state index in [1.807, 2.05) is 0 Å². The van der Waals surface area contributed by atoms with Gasteiger partial charge in [-0.05, 0) is 90.8 Å². The summed E-state index contributed by atoms with van der Waals surface area (Å²) in [4.78, 5) is 0. The molecule has 0 aliphatic rings. The van der Waals surface area contributed by atoms with Gasteiger partial charge in [0.2, 0.25) is 0 Å². The van der Waals surface area contributed by atoms with Crippen LogP contribution in [0, 0.1) is 0 Å². The Bertz CT molecular complexity index is 1290. The minimum absolute atomic E-state index is 0.669. The molecule has 0 spiro atoms. The number of nitrogens with zero attached hydrogens (tertiary/aromatic N) is 2. The Labute approximate surface area is 247 Å². The second kappa shape index (κ2) is 11.5. The third-order valence-corrected chi connectivity index (χ3v) is 23.8. The average molecular weight is 571 g/mol. The van der Waals surface area contributed by atoms with Gasteiger partial charge in [0.05, 0.1) is 0 Å². The van der Waals surface area contributed by atoms with Crippen LogP contribution in [0.15, 0.2) is 73.3 Å². The maximum Gasteiger partial charge on any atom is 0.168 e. The molecule has 0 radical (unpaired) electrons. The maximum atomic E-state index is 2.67. The molecule has 0 aliphatic heterocycles. The highest BCUT2D eigenvalue weighted by atomic mass is 28.3. The van der Waals surface area contributed by atoms with Crippen molar-refractivity contribution in [2.45, 2.75) is 116 Å². The van der Waals surface area contributed by atoms with E-state index in [0.29, 0.717) is 33.2 Å². The van der Waals surface area contributed by atoms with E-state index in [1.54, 1.807) is 0 Å². The van der Waals surface area contributed by atoms with Crippen molar-refractivity contribution in [3.8, 4) is 22.3 Å². The fraction of sp³-hybridized carbons (Fsp3) is 0.500. The fourth-order valence-electron chi connectivity index (χ4n) is 9.20. The highest BCUT2D eigenvalue weighted by Gasteiger charge is 2.46. The summed E-state index contributed by atoms with van der Waals surface area (Å²) in [5, 5.41) is 2.69. The van der Waals surface area contributed by atoms with Crippen molar-refractivity contribution in [2.24, 2.45) is 0 Å². The molecule has 0 saturated carbocycles. The second-order valence-corrected chi connectivity index (χ2v) is 25.5. The molecule has 4 aromatic rings. The summed E-state index contributed by atoms with van der Waals surface area (Å²) in [6, 6.07) is 18.4. The number of benzene rings is 2. The quantitative estimate of drug-likeness (QED) is 0.168. The van der Waals surface area contributed by atoms with Gasteiger partial charge < -0.3 is 8.47 Å². The summed E-state index contributed by atoms with van der Waals surface area (Å²) in [7, 11) is -3.59. The normalized spacial score (nSPS) is 13.3. The van der Waals surface area contributed by atoms with Crippen molar-refractivity contribution in [2.75, 3.05) is 0 Å². The Morgan fingerprint density at radius 3 is 1.07 bits per heavy atom. The van der Waals surface area contributed by atoms with E-state index in [4.69, 9.17) is 0 Å². The zero-order valence-corrected chi connectivity index (χ0v) is 29.3. The first-order valence-electron chi connectivity index (χ1n) is 15.7. The van der Waals surface area contributed by atoms with E-state index >= 15 is 0 Å². The maximum absolute atomic E-state index is 2.67. The number of hydrogen-bond acceptors (Lipinski definition) is 0. The number of fused-ring (bicyclic) bond motifs is 1. The molecule has 0 saturated heterocycles. The van der Waals surface area contributed by atoms with Crippen molar-refractivity contribution in [3.05, 3.63) is 73.3 Å². The lowest BCUT2D eigenvalue weighted by Crippen LogP contribution is -2.51. The van der Waals surface area contributed by atoms with E-state index in [2.05, 4.69) is 165 Å². The lowest BCUT2D eigenvalue weighted by Gasteiger charge is -2.44. The number of rotatable bonds is 10. The topological polar surface area (TPSA) is 9.86 Å². The van der Waals surface area contributed by atoms with Gasteiger partial charge in [-0.1, -0.05) is 119 Å². The van der Waals surface area contributed by atoms with E-state index < -0.39 is 16.5 Å². The van der Waals surface area contributed by atoms with E-state index in [0.717, 1.165) is 0 Å². The molecule has 0 unspecified atom stereocenters. The molecule has 0 bridgehead atoms. The third kappa shape index (κ3) is 4.69. The van der Waals surface area contributed by atoms with Crippen molar-refractivity contribution < 1.29 is 0 Å². The standard InChI is InChI=1S/C36H54N2Si2/c1-25(2)39(26(3)4,27(5)6)37-21-19-32(23-37)34-17-13-15-31-16-14-18-35(36(31)34)33-20-22-38(24-33)40(28(7)8,29(9)10)30(11)12/h13-30H,1-12H3. The predicted molar refractivity (Wildman–Crippen MR) is 184 cm³/mol. The molecule has 40 heavy (non-hydrogen) atoms. The monoisotopic (exact) mass is 570 g/mol. The van der Waals surface area contributed by atoms with Crippen LogP contribution in [-0.4, -0.2) is 24.9 Å². The van der Waals surface area contributed by atoms with Crippen molar-refractivity contribution in [1.82, 2.24) is 8.47 Å². The van der Waals surface area contributed by atoms with Gasteiger partial charge in [-0.2, -0.15) is 0 Å². The first kappa shape index (κ1) is 30.6. The summed E-state index contributed by atoms with van der Waals surface area (Å²) >= 11 is 0. The van der Waals surface area contributed by atoms with Gasteiger partial charge in [0.25, 0.3) is 0 Å². The Morgan fingerprint density at radius 1 is 0.450 bits per heavy atom. The van der Waals surface area contributed by atoms with Gasteiger partial charge in [-0.15, -0.1) is 0 Å². The molecule has 2 aromatic heterocycles. The molecule has 4 heteroatoms. The van der Waals surface area contributed by atoms with Crippen LogP contribution >= 0.6 is 0 Å². The van der Waals surface area contributed by atoms with Crippen molar-refractivity contribution >= 4 is 27.2 Å². The smallest absolute Gasteiger partial charge is 0.168 e. The van der Waals surface area contributed by atoms with Gasteiger partial charge in [0.15, 0.2) is 16.5 Å². The molecule has 0 atom stereocenters. The fourth-order valence-corrected chi connectivity index (χ4v) is 22.2. The Balaban J connectivity index is 1.91. The molecule has 2 aromatic carbocycles. The highest BCUT2D eigenvalue weighted by Crippen LogP contribution is 2.46. The second-order valence-electron chi connectivity index (χ2n) is 14.0. The zero-order valence-electron chi connectivity index (χ0n) is 27.3. The summed E-state index contributed by atoms with van der Waals surface area (Å²) in [6.45, 7) is 29.3. The lowest BCUT2D eigenvalue weighted by atomic mass is 9.93. The molecule has 0 N–H and O–H groups in total. The molecule has 2 nitrogen and oxygen atoms in total. The van der Waals surface area contributed by atoms with E-state index in [9.17, 15) is 0 Å². The minimum atomic E-state index is -1.79. The first-order valence-corrected chi connectivity index (χ1v) is 20.1. The highest BCUT2D eigenvalue weighted by molar-refractivity contribution is 6.82. The largest absolute Gasteiger partial charge is 0.379 e. The average Bonchev–Trinajstić information content (AvgIpc) is 3.54. The molecule has 216 valence electrons. The van der Waals surface area contributed by atoms with Crippen molar-refractivity contribution in [1.29, 1.82) is 0 Å². The molecular weight excluding hydrogens is 517 g/mol. The van der Waals surface area contributed by atoms with Crippen LogP contribution < -0.4 is 0 Å². The predicted octanol–water partition coefficient (Wildman–Crippen LogP) is 11.8. The SMILES string of the molecule is CC(C)[Si](C(C)C)(C(C)C)n1ccc(-c2cccc3cccc(-c4ccn([Si](C(C)C)(C(C)C)C(C)C)c4)c23)c1. The van der Waals surface area contributed by atoms with Crippen LogP contribution in [0.25, 0.3) is 33.0 Å². The van der Waals surface area contributed by atoms with Crippen molar-refractivity contribution in [3.63, 3.8) is 0 Å². The molecule has 0 aliphatic carbocycles. The molecule has 2 heterocycles. The Kier molecular flexibility index (Phi) is 8.83. The Morgan fingerprint density at radius 2 is 0.775 bits per heavy atom. The Hall–Kier alpha value is -2.31. The van der Waals surface area contributed by atoms with Crippen LogP contribution in [-0.2, 0) is 0 Å². The van der Waals surface area contributed by atoms with Gasteiger partial charge in [0, 0.05) is 12.4 Å². The summed E-state index contributed by atoms with van der Waals surface area (Å²) in [5.41, 5.74) is 9.39. The van der Waals surface area contributed by atoms with Gasteiger partial charge in [-0.3, -0.25) is 0 Å². The van der Waals surface area contributed by atoms with E-state index in [-0.39, 0.29) is 0 Å². The first-order chi connectivity index (χ1) is 18.8. The summed E-state index contributed by atoms with van der Waals surface area (Å²) in [5.74, 6) is 0. The molecular formula is C36H54N2Si2. The molecule has 4 rings (SSSR count). The van der Waals surface area contributed by atoms with Gasteiger partial charge >= 0.3 is 0 Å². The summed E-state index contributed by atoms with van der Waals surface area (Å²) in [6.07, 6.45) is 9.76. The minimum Gasteiger partial charge on any atom is -0.379 e. The molecule has 0 fully saturated rings. The summed E-state index contributed by atoms with van der Waals surface area (Å²) < 4.78 is 5.35.